The number of nitrogens with zero attached hydrogens (tertiary/aromatic N) is 4. The molecule has 7 nitrogen and oxygen atoms in total. The van der Waals surface area contributed by atoms with Crippen molar-refractivity contribution in [3.05, 3.63) is 42.0 Å². The van der Waals surface area contributed by atoms with Gasteiger partial charge in [0.25, 0.3) is 0 Å². The van der Waals surface area contributed by atoms with Gasteiger partial charge in [-0.1, -0.05) is 17.7 Å². The average molecular weight is 343 g/mol. The van der Waals surface area contributed by atoms with E-state index in [4.69, 9.17) is 4.74 Å². The summed E-state index contributed by atoms with van der Waals surface area (Å²) in [6, 6.07) is 7.85. The number of carbonyl (C=O) groups is 1. The molecular formula is C18H25N5O2. The summed E-state index contributed by atoms with van der Waals surface area (Å²) in [6.07, 6.45) is 3.72. The molecule has 1 fully saturated rings. The number of hydrogen-bond donors (Lipinski definition) is 1. The van der Waals surface area contributed by atoms with E-state index in [1.807, 2.05) is 47.7 Å². The third-order valence-corrected chi connectivity index (χ3v) is 4.49. The second-order valence-corrected chi connectivity index (χ2v) is 6.48. The highest BCUT2D eigenvalue weighted by atomic mass is 16.5. The van der Waals surface area contributed by atoms with E-state index in [0.717, 1.165) is 31.0 Å². The Labute approximate surface area is 148 Å². The predicted molar refractivity (Wildman–Crippen MR) is 94.6 cm³/mol. The number of rotatable bonds is 5. The van der Waals surface area contributed by atoms with Gasteiger partial charge in [0, 0.05) is 26.1 Å². The first-order chi connectivity index (χ1) is 12.1. The summed E-state index contributed by atoms with van der Waals surface area (Å²) in [7, 11) is 1.94. The Morgan fingerprint density at radius 1 is 1.36 bits per heavy atom. The minimum atomic E-state index is -0.0422. The molecule has 0 radical (unpaired) electrons. The van der Waals surface area contributed by atoms with Gasteiger partial charge in [-0.05, 0) is 31.9 Å². The number of urea groups is 1. The van der Waals surface area contributed by atoms with Crippen LogP contribution in [0.3, 0.4) is 0 Å². The maximum Gasteiger partial charge on any atom is 0.317 e. The number of benzene rings is 1. The topological polar surface area (TPSA) is 72.3 Å². The zero-order valence-electron chi connectivity index (χ0n) is 14.8. The maximum absolute atomic E-state index is 12.4. The molecule has 0 aliphatic carbocycles. The molecule has 1 N–H and O–H groups in total. The molecule has 2 aromatic rings. The summed E-state index contributed by atoms with van der Waals surface area (Å²) in [6.45, 7) is 4.43. The number of ether oxygens (including phenoxy) is 1. The van der Waals surface area contributed by atoms with Gasteiger partial charge < -0.3 is 19.5 Å². The molecule has 0 unspecified atom stereocenters. The molecule has 1 atom stereocenters. The summed E-state index contributed by atoms with van der Waals surface area (Å²) in [5, 5.41) is 11.1. The van der Waals surface area contributed by atoms with Crippen LogP contribution >= 0.6 is 0 Å². The Kier molecular flexibility index (Phi) is 5.53. The lowest BCUT2D eigenvalue weighted by Crippen LogP contribution is -2.46. The lowest BCUT2D eigenvalue weighted by molar-refractivity contribution is 0.175. The number of hydrogen-bond acceptors (Lipinski definition) is 4. The molecule has 3 rings (SSSR count). The normalized spacial score (nSPS) is 17.4. The summed E-state index contributed by atoms with van der Waals surface area (Å²) < 4.78 is 7.57. The van der Waals surface area contributed by atoms with Crippen LogP contribution in [-0.4, -0.2) is 51.9 Å². The molecule has 25 heavy (non-hydrogen) atoms. The fourth-order valence-corrected chi connectivity index (χ4v) is 3.11. The molecule has 1 aromatic heterocycles. The number of carbonyl (C=O) groups excluding carboxylic acids is 1. The van der Waals surface area contributed by atoms with Crippen LogP contribution in [0.15, 0.2) is 30.6 Å². The van der Waals surface area contributed by atoms with Gasteiger partial charge in [-0.3, -0.25) is 0 Å². The highest BCUT2D eigenvalue weighted by molar-refractivity contribution is 5.74. The van der Waals surface area contributed by atoms with Crippen molar-refractivity contribution in [3.8, 4) is 5.75 Å². The van der Waals surface area contributed by atoms with Crippen LogP contribution in [0.2, 0.25) is 0 Å². The minimum absolute atomic E-state index is 0.0422. The van der Waals surface area contributed by atoms with Crippen LogP contribution in [-0.2, 0) is 7.05 Å². The van der Waals surface area contributed by atoms with Crippen LogP contribution in [0.5, 0.6) is 5.75 Å². The third-order valence-electron chi connectivity index (χ3n) is 4.49. The number of nitrogens with one attached hydrogen (secondary N) is 1. The Morgan fingerprint density at radius 2 is 2.16 bits per heavy atom. The molecule has 1 aliphatic rings. The number of likely N-dealkylation sites (tertiary alicyclic amines) is 1. The average Bonchev–Trinajstić information content (AvgIpc) is 3.06. The highest BCUT2D eigenvalue weighted by Crippen LogP contribution is 2.24. The number of aromatic nitrogens is 3. The van der Waals surface area contributed by atoms with Gasteiger partial charge in [0.2, 0.25) is 0 Å². The first kappa shape index (κ1) is 17.3. The zero-order chi connectivity index (χ0) is 17.6. The molecular weight excluding hydrogens is 318 g/mol. The van der Waals surface area contributed by atoms with Crippen molar-refractivity contribution in [2.45, 2.75) is 25.7 Å². The molecule has 1 aliphatic heterocycles. The first-order valence-electron chi connectivity index (χ1n) is 8.69. The van der Waals surface area contributed by atoms with Gasteiger partial charge in [-0.25, -0.2) is 4.79 Å². The van der Waals surface area contributed by atoms with Gasteiger partial charge in [0.15, 0.2) is 0 Å². The van der Waals surface area contributed by atoms with Crippen LogP contribution in [0.1, 0.15) is 30.1 Å². The Balaban J connectivity index is 1.43. The first-order valence-corrected chi connectivity index (χ1v) is 8.69. The van der Waals surface area contributed by atoms with E-state index in [0.29, 0.717) is 19.7 Å². The van der Waals surface area contributed by atoms with Crippen molar-refractivity contribution in [1.29, 1.82) is 0 Å². The molecule has 7 heteroatoms. The Morgan fingerprint density at radius 3 is 2.88 bits per heavy atom. The Hall–Kier alpha value is -2.57. The quantitative estimate of drug-likeness (QED) is 0.844. The molecule has 0 spiro atoms. The van der Waals surface area contributed by atoms with E-state index in [1.165, 1.54) is 5.56 Å². The van der Waals surface area contributed by atoms with Crippen molar-refractivity contribution in [1.82, 2.24) is 25.0 Å². The van der Waals surface area contributed by atoms with Crippen LogP contribution < -0.4 is 10.1 Å². The molecule has 0 saturated carbocycles. The lowest BCUT2D eigenvalue weighted by atomic mass is 9.97. The van der Waals surface area contributed by atoms with Gasteiger partial charge in [0.1, 0.15) is 24.5 Å². The second kappa shape index (κ2) is 8.00. The summed E-state index contributed by atoms with van der Waals surface area (Å²) in [4.78, 5) is 14.2. The van der Waals surface area contributed by atoms with Gasteiger partial charge >= 0.3 is 6.03 Å². The van der Waals surface area contributed by atoms with E-state index in [-0.39, 0.29) is 11.9 Å². The van der Waals surface area contributed by atoms with Crippen molar-refractivity contribution >= 4 is 6.03 Å². The van der Waals surface area contributed by atoms with E-state index in [9.17, 15) is 4.79 Å². The highest BCUT2D eigenvalue weighted by Gasteiger charge is 2.27. The van der Waals surface area contributed by atoms with E-state index < -0.39 is 0 Å². The van der Waals surface area contributed by atoms with Crippen molar-refractivity contribution in [3.63, 3.8) is 0 Å². The summed E-state index contributed by atoms with van der Waals surface area (Å²) >= 11 is 0. The number of piperidine rings is 1. The molecule has 0 bridgehead atoms. The van der Waals surface area contributed by atoms with E-state index >= 15 is 0 Å². The summed E-state index contributed by atoms with van der Waals surface area (Å²) in [5.41, 5.74) is 1.20. The van der Waals surface area contributed by atoms with Crippen LogP contribution in [0, 0.1) is 6.92 Å². The summed E-state index contributed by atoms with van der Waals surface area (Å²) in [5.74, 6) is 2.01. The van der Waals surface area contributed by atoms with Crippen LogP contribution in [0.25, 0.3) is 0 Å². The smallest absolute Gasteiger partial charge is 0.317 e. The fraction of sp³-hybridized carbons (Fsp3) is 0.500. The molecule has 2 amide bonds. The van der Waals surface area contributed by atoms with Crippen LogP contribution in [0.4, 0.5) is 4.79 Å². The molecule has 1 saturated heterocycles. The van der Waals surface area contributed by atoms with Crippen molar-refractivity contribution in [2.24, 2.45) is 7.05 Å². The second-order valence-electron chi connectivity index (χ2n) is 6.48. The Bertz CT molecular complexity index is 698. The van der Waals surface area contributed by atoms with E-state index in [1.54, 1.807) is 6.33 Å². The van der Waals surface area contributed by atoms with E-state index in [2.05, 4.69) is 15.5 Å². The van der Waals surface area contributed by atoms with Gasteiger partial charge in [-0.15, -0.1) is 10.2 Å². The van der Waals surface area contributed by atoms with Crippen molar-refractivity contribution in [2.75, 3.05) is 26.2 Å². The van der Waals surface area contributed by atoms with Crippen molar-refractivity contribution < 1.29 is 9.53 Å². The zero-order valence-corrected chi connectivity index (χ0v) is 14.8. The number of aryl methyl sites for hydroxylation is 2. The maximum atomic E-state index is 12.4. The van der Waals surface area contributed by atoms with Gasteiger partial charge in [-0.2, -0.15) is 0 Å². The van der Waals surface area contributed by atoms with Gasteiger partial charge in [0.05, 0.1) is 6.54 Å². The SMILES string of the molecule is Cc1ccc(OCCNC(=O)N2CCC[C@@H](c3nncn3C)C2)cc1. The largest absolute Gasteiger partial charge is 0.492 e. The monoisotopic (exact) mass is 343 g/mol. The lowest BCUT2D eigenvalue weighted by Gasteiger charge is -2.32. The molecule has 1 aromatic carbocycles. The minimum Gasteiger partial charge on any atom is -0.492 e. The predicted octanol–water partition coefficient (Wildman–Crippen LogP) is 2.09. The third kappa shape index (κ3) is 4.49. The standard InChI is InChI=1S/C18H25N5O2/c1-14-5-7-16(8-6-14)25-11-9-19-18(24)23-10-3-4-15(12-23)17-21-20-13-22(17)2/h5-8,13,15H,3-4,9-12H2,1-2H3,(H,19,24)/t15-/m1/s1. The molecule has 2 heterocycles. The number of amides is 2. The molecule has 134 valence electrons. The fourth-order valence-electron chi connectivity index (χ4n) is 3.11.